The van der Waals surface area contributed by atoms with Gasteiger partial charge in [0.05, 0.1) is 7.11 Å². The van der Waals surface area contributed by atoms with E-state index in [9.17, 15) is 0 Å². The number of fused-ring (bicyclic) bond motifs is 2. The van der Waals surface area contributed by atoms with Crippen LogP contribution in [0.1, 0.15) is 0 Å². The standard InChI is InChI=1S/C15H11O/c1-16-15-8-4-7-13-9-11-5-2-3-6-12(11)10-14(13)15/h2-7,9-10H,1H3. The Bertz CT molecular complexity index is 656. The Morgan fingerprint density at radius 2 is 1.69 bits per heavy atom. The maximum absolute atomic E-state index is 5.32. The average Bonchev–Trinajstić information content (AvgIpc) is 2.35. The highest BCUT2D eigenvalue weighted by Crippen LogP contribution is 2.29. The van der Waals surface area contributed by atoms with Crippen LogP contribution in [0.25, 0.3) is 21.5 Å². The van der Waals surface area contributed by atoms with Crippen molar-refractivity contribution < 1.29 is 4.74 Å². The van der Waals surface area contributed by atoms with E-state index in [4.69, 9.17) is 4.74 Å². The minimum atomic E-state index is 0.809. The van der Waals surface area contributed by atoms with Crippen molar-refractivity contribution in [2.75, 3.05) is 7.11 Å². The fourth-order valence-corrected chi connectivity index (χ4v) is 2.05. The molecule has 16 heavy (non-hydrogen) atoms. The lowest BCUT2D eigenvalue weighted by molar-refractivity contribution is 0.419. The van der Waals surface area contributed by atoms with E-state index in [1.54, 1.807) is 7.11 Å². The third-order valence-corrected chi connectivity index (χ3v) is 2.84. The molecule has 0 saturated carbocycles. The summed E-state index contributed by atoms with van der Waals surface area (Å²) in [5.74, 6) is 0.809. The number of hydrogen-bond acceptors (Lipinski definition) is 1. The van der Waals surface area contributed by atoms with Crippen molar-refractivity contribution in [2.45, 2.75) is 0 Å². The van der Waals surface area contributed by atoms with Gasteiger partial charge < -0.3 is 4.74 Å². The largest absolute Gasteiger partial charge is 0.495 e. The summed E-state index contributed by atoms with van der Waals surface area (Å²) in [6, 6.07) is 19.7. The third kappa shape index (κ3) is 1.33. The van der Waals surface area contributed by atoms with Gasteiger partial charge in [0.2, 0.25) is 0 Å². The van der Waals surface area contributed by atoms with E-state index >= 15 is 0 Å². The normalized spacial score (nSPS) is 10.8. The van der Waals surface area contributed by atoms with Gasteiger partial charge in [0, 0.05) is 11.5 Å². The molecule has 0 N–H and O–H groups in total. The molecule has 0 aliphatic rings. The fraction of sp³-hybridized carbons (Fsp3) is 0.0667. The van der Waals surface area contributed by atoms with Gasteiger partial charge >= 0.3 is 0 Å². The molecule has 77 valence electrons. The van der Waals surface area contributed by atoms with Crippen LogP contribution in [-0.4, -0.2) is 7.11 Å². The number of hydrogen-bond donors (Lipinski definition) is 0. The van der Waals surface area contributed by atoms with Crippen LogP contribution in [0.15, 0.2) is 48.5 Å². The minimum Gasteiger partial charge on any atom is -0.495 e. The highest BCUT2D eigenvalue weighted by molar-refractivity contribution is 6.00. The minimum absolute atomic E-state index is 0.809. The van der Waals surface area contributed by atoms with Gasteiger partial charge in [-0.3, -0.25) is 0 Å². The molecule has 3 rings (SSSR count). The first-order valence-electron chi connectivity index (χ1n) is 5.26. The molecule has 0 bridgehead atoms. The summed E-state index contributed by atoms with van der Waals surface area (Å²) in [4.78, 5) is 0. The lowest BCUT2D eigenvalue weighted by Crippen LogP contribution is -1.85. The summed E-state index contributed by atoms with van der Waals surface area (Å²) in [6.07, 6.45) is 0. The van der Waals surface area contributed by atoms with Crippen LogP contribution in [0.4, 0.5) is 0 Å². The lowest BCUT2D eigenvalue weighted by Gasteiger charge is -2.06. The Balaban J connectivity index is 2.46. The Morgan fingerprint density at radius 3 is 2.44 bits per heavy atom. The first-order chi connectivity index (χ1) is 7.88. The molecule has 1 radical (unpaired) electrons. The van der Waals surface area contributed by atoms with Gasteiger partial charge in [0.25, 0.3) is 0 Å². The molecule has 3 aromatic rings. The first-order valence-corrected chi connectivity index (χ1v) is 5.26. The molecule has 3 aromatic carbocycles. The molecule has 0 atom stereocenters. The monoisotopic (exact) mass is 207 g/mol. The third-order valence-electron chi connectivity index (χ3n) is 2.84. The molecular weight excluding hydrogens is 196 g/mol. The quantitative estimate of drug-likeness (QED) is 0.551. The SMILES string of the molecule is COc1[c]ccc2cc3ccccc3cc12. The number of benzene rings is 3. The molecule has 0 aromatic heterocycles. The van der Waals surface area contributed by atoms with Crippen LogP contribution in [0.3, 0.4) is 0 Å². The summed E-state index contributed by atoms with van der Waals surface area (Å²) < 4.78 is 5.32. The first kappa shape index (κ1) is 9.22. The predicted molar refractivity (Wildman–Crippen MR) is 66.8 cm³/mol. The molecule has 1 nitrogen and oxygen atoms in total. The van der Waals surface area contributed by atoms with E-state index in [1.165, 1.54) is 16.2 Å². The fourth-order valence-electron chi connectivity index (χ4n) is 2.05. The van der Waals surface area contributed by atoms with Crippen molar-refractivity contribution >= 4 is 21.5 Å². The van der Waals surface area contributed by atoms with Crippen molar-refractivity contribution in [3.8, 4) is 5.75 Å². The van der Waals surface area contributed by atoms with Crippen molar-refractivity contribution in [2.24, 2.45) is 0 Å². The Hall–Kier alpha value is -2.02. The number of methoxy groups -OCH3 is 1. The van der Waals surface area contributed by atoms with Gasteiger partial charge in [-0.15, -0.1) is 0 Å². The molecule has 1 heteroatoms. The van der Waals surface area contributed by atoms with E-state index < -0.39 is 0 Å². The molecule has 0 unspecified atom stereocenters. The van der Waals surface area contributed by atoms with Gasteiger partial charge in [0.1, 0.15) is 5.75 Å². The van der Waals surface area contributed by atoms with Crippen molar-refractivity contribution in [1.29, 1.82) is 0 Å². The maximum Gasteiger partial charge on any atom is 0.134 e. The summed E-state index contributed by atoms with van der Waals surface area (Å²) in [5.41, 5.74) is 0. The van der Waals surface area contributed by atoms with Gasteiger partial charge in [-0.1, -0.05) is 30.3 Å². The van der Waals surface area contributed by atoms with E-state index in [-0.39, 0.29) is 0 Å². The summed E-state index contributed by atoms with van der Waals surface area (Å²) in [7, 11) is 1.68. The van der Waals surface area contributed by atoms with Crippen molar-refractivity contribution in [3.05, 3.63) is 54.6 Å². The van der Waals surface area contributed by atoms with Crippen LogP contribution in [0, 0.1) is 6.07 Å². The van der Waals surface area contributed by atoms with Gasteiger partial charge in [-0.25, -0.2) is 0 Å². The van der Waals surface area contributed by atoms with Gasteiger partial charge in [-0.2, -0.15) is 0 Å². The number of rotatable bonds is 1. The summed E-state index contributed by atoms with van der Waals surface area (Å²) >= 11 is 0. The highest BCUT2D eigenvalue weighted by atomic mass is 16.5. The molecular formula is C15H11O. The molecule has 0 spiro atoms. The summed E-state index contributed by atoms with van der Waals surface area (Å²) in [6.45, 7) is 0. The second-order valence-corrected chi connectivity index (χ2v) is 3.80. The van der Waals surface area contributed by atoms with Gasteiger partial charge in [-0.05, 0) is 34.4 Å². The second kappa shape index (κ2) is 3.53. The lowest BCUT2D eigenvalue weighted by atomic mass is 10.0. The van der Waals surface area contributed by atoms with Crippen LogP contribution in [-0.2, 0) is 0 Å². The van der Waals surface area contributed by atoms with E-state index in [0.717, 1.165) is 11.1 Å². The van der Waals surface area contributed by atoms with E-state index in [0.29, 0.717) is 0 Å². The topological polar surface area (TPSA) is 9.23 Å². The highest BCUT2D eigenvalue weighted by Gasteiger charge is 2.02. The zero-order chi connectivity index (χ0) is 11.0. The Kier molecular flexibility index (Phi) is 2.03. The van der Waals surface area contributed by atoms with Crippen LogP contribution in [0.2, 0.25) is 0 Å². The Labute approximate surface area is 94.3 Å². The van der Waals surface area contributed by atoms with Gasteiger partial charge in [0.15, 0.2) is 0 Å². The predicted octanol–water partition coefficient (Wildman–Crippen LogP) is 3.80. The Morgan fingerprint density at radius 1 is 0.938 bits per heavy atom. The smallest absolute Gasteiger partial charge is 0.134 e. The summed E-state index contributed by atoms with van der Waals surface area (Å²) in [5, 5.41) is 4.79. The van der Waals surface area contributed by atoms with Crippen molar-refractivity contribution in [3.63, 3.8) is 0 Å². The molecule has 0 aliphatic carbocycles. The molecule has 0 amide bonds. The molecule has 0 heterocycles. The number of ether oxygens (including phenoxy) is 1. The zero-order valence-electron chi connectivity index (χ0n) is 9.03. The van der Waals surface area contributed by atoms with E-state index in [2.05, 4.69) is 42.5 Å². The molecule has 0 fully saturated rings. The molecule has 0 aliphatic heterocycles. The van der Waals surface area contributed by atoms with Crippen LogP contribution < -0.4 is 4.74 Å². The van der Waals surface area contributed by atoms with Crippen LogP contribution >= 0.6 is 0 Å². The average molecular weight is 207 g/mol. The second-order valence-electron chi connectivity index (χ2n) is 3.80. The molecule has 0 saturated heterocycles. The zero-order valence-corrected chi connectivity index (χ0v) is 9.03. The van der Waals surface area contributed by atoms with E-state index in [1.807, 2.05) is 12.1 Å². The van der Waals surface area contributed by atoms with Crippen molar-refractivity contribution in [1.82, 2.24) is 0 Å². The maximum atomic E-state index is 5.32. The van der Waals surface area contributed by atoms with Crippen LogP contribution in [0.5, 0.6) is 5.75 Å².